The zero-order valence-electron chi connectivity index (χ0n) is 15.2. The Labute approximate surface area is 146 Å². The van der Waals surface area contributed by atoms with Crippen LogP contribution in [0.4, 0.5) is 0 Å². The number of carbonyl (C=O) groups is 1. The predicted molar refractivity (Wildman–Crippen MR) is 90.0 cm³/mol. The second-order valence-corrected chi connectivity index (χ2v) is 6.74. The van der Waals surface area contributed by atoms with Gasteiger partial charge in [0.15, 0.2) is 11.6 Å². The van der Waals surface area contributed by atoms with Crippen LogP contribution in [0.2, 0.25) is 0 Å². The quantitative estimate of drug-likeness (QED) is 0.889. The van der Waals surface area contributed by atoms with Crippen molar-refractivity contribution in [2.45, 2.75) is 52.6 Å². The van der Waals surface area contributed by atoms with Crippen LogP contribution in [0.5, 0.6) is 0 Å². The number of hydrogen-bond donors (Lipinski definition) is 1. The molecule has 0 unspecified atom stereocenters. The maximum atomic E-state index is 12.6. The van der Waals surface area contributed by atoms with Crippen molar-refractivity contribution in [3.8, 4) is 0 Å². The molecule has 0 saturated carbocycles. The molecule has 3 heterocycles. The fourth-order valence-corrected chi connectivity index (χ4v) is 2.98. The third-order valence-corrected chi connectivity index (χ3v) is 4.53. The predicted octanol–water partition coefficient (Wildman–Crippen LogP) is 2.07. The van der Waals surface area contributed by atoms with Crippen LogP contribution in [-0.4, -0.2) is 50.8 Å². The molecule has 0 bridgehead atoms. The largest absolute Gasteiger partial charge is 0.367 e. The Balaban J connectivity index is 1.59. The van der Waals surface area contributed by atoms with Crippen molar-refractivity contribution in [3.05, 3.63) is 28.7 Å². The number of ether oxygens (including phenoxy) is 1. The molecule has 1 fully saturated rings. The standard InChI is InChI=1S/C17H25N5O3/c1-10(2)16-18-17(20-19-16)14-9-22(7-8-24-14)15(23)6-5-13-11(3)21-25-12(13)4/h10,14H,5-9H2,1-4H3,(H,18,19,20)/t14-/m1/s1. The third-order valence-electron chi connectivity index (χ3n) is 4.53. The number of nitrogens with one attached hydrogen (secondary N) is 1. The first-order chi connectivity index (χ1) is 12.0. The van der Waals surface area contributed by atoms with E-state index in [1.54, 1.807) is 0 Å². The Morgan fingerprint density at radius 1 is 1.40 bits per heavy atom. The molecule has 2 aromatic rings. The Bertz CT molecular complexity index is 717. The highest BCUT2D eigenvalue weighted by atomic mass is 16.5. The number of rotatable bonds is 5. The van der Waals surface area contributed by atoms with Crippen LogP contribution in [0.3, 0.4) is 0 Å². The molecule has 2 aromatic heterocycles. The molecule has 136 valence electrons. The molecule has 0 spiro atoms. The summed E-state index contributed by atoms with van der Waals surface area (Å²) in [5.74, 6) is 2.60. The van der Waals surface area contributed by atoms with Crippen molar-refractivity contribution in [1.82, 2.24) is 25.2 Å². The van der Waals surface area contributed by atoms with Gasteiger partial charge in [-0.3, -0.25) is 9.89 Å². The summed E-state index contributed by atoms with van der Waals surface area (Å²) in [4.78, 5) is 18.9. The van der Waals surface area contributed by atoms with Crippen molar-refractivity contribution in [1.29, 1.82) is 0 Å². The minimum absolute atomic E-state index is 0.108. The zero-order valence-corrected chi connectivity index (χ0v) is 15.2. The molecule has 0 aliphatic carbocycles. The molecule has 0 radical (unpaired) electrons. The maximum absolute atomic E-state index is 12.6. The first-order valence-corrected chi connectivity index (χ1v) is 8.69. The van der Waals surface area contributed by atoms with Crippen LogP contribution in [0.1, 0.15) is 61.0 Å². The molecule has 1 atom stereocenters. The van der Waals surface area contributed by atoms with Gasteiger partial charge in [-0.15, -0.1) is 0 Å². The van der Waals surface area contributed by atoms with Crippen LogP contribution < -0.4 is 0 Å². The Morgan fingerprint density at radius 2 is 2.20 bits per heavy atom. The molecular formula is C17H25N5O3. The van der Waals surface area contributed by atoms with Crippen LogP contribution in [0, 0.1) is 13.8 Å². The van der Waals surface area contributed by atoms with E-state index >= 15 is 0 Å². The molecule has 1 amide bonds. The van der Waals surface area contributed by atoms with Gasteiger partial charge in [0.1, 0.15) is 11.9 Å². The van der Waals surface area contributed by atoms with Crippen molar-refractivity contribution >= 4 is 5.91 Å². The number of aryl methyl sites for hydroxylation is 2. The molecule has 1 saturated heterocycles. The Kier molecular flexibility index (Phi) is 5.17. The van der Waals surface area contributed by atoms with E-state index in [0.29, 0.717) is 38.4 Å². The van der Waals surface area contributed by atoms with Crippen molar-refractivity contribution < 1.29 is 14.1 Å². The topological polar surface area (TPSA) is 97.1 Å². The van der Waals surface area contributed by atoms with Gasteiger partial charge in [0, 0.05) is 24.4 Å². The number of aromatic amines is 1. The lowest BCUT2D eigenvalue weighted by atomic mass is 10.1. The van der Waals surface area contributed by atoms with Crippen molar-refractivity contribution in [2.24, 2.45) is 0 Å². The summed E-state index contributed by atoms with van der Waals surface area (Å²) in [5, 5.41) is 11.1. The van der Waals surface area contributed by atoms with Crippen molar-refractivity contribution in [2.75, 3.05) is 19.7 Å². The van der Waals surface area contributed by atoms with Gasteiger partial charge in [0.05, 0.1) is 18.8 Å². The summed E-state index contributed by atoms with van der Waals surface area (Å²) < 4.78 is 10.9. The summed E-state index contributed by atoms with van der Waals surface area (Å²) in [7, 11) is 0. The number of carbonyl (C=O) groups excluding carboxylic acids is 1. The third kappa shape index (κ3) is 3.89. The number of amides is 1. The second-order valence-electron chi connectivity index (χ2n) is 6.74. The van der Waals surface area contributed by atoms with Crippen LogP contribution in [0.25, 0.3) is 0 Å². The van der Waals surface area contributed by atoms with Crippen LogP contribution in [-0.2, 0) is 16.0 Å². The monoisotopic (exact) mass is 347 g/mol. The SMILES string of the molecule is Cc1noc(C)c1CCC(=O)N1CCO[C@@H](c2nc(C(C)C)n[nH]2)C1. The fourth-order valence-electron chi connectivity index (χ4n) is 2.98. The Hall–Kier alpha value is -2.22. The van der Waals surface area contributed by atoms with Gasteiger partial charge in [-0.25, -0.2) is 4.98 Å². The first-order valence-electron chi connectivity index (χ1n) is 8.69. The normalized spacial score (nSPS) is 18.1. The summed E-state index contributed by atoms with van der Waals surface area (Å²) >= 11 is 0. The summed E-state index contributed by atoms with van der Waals surface area (Å²) in [6.45, 7) is 9.45. The van der Waals surface area contributed by atoms with Crippen molar-refractivity contribution in [3.63, 3.8) is 0 Å². The molecule has 8 nitrogen and oxygen atoms in total. The average molecular weight is 347 g/mol. The van der Waals surface area contributed by atoms with Gasteiger partial charge in [-0.2, -0.15) is 5.10 Å². The van der Waals surface area contributed by atoms with E-state index in [0.717, 1.165) is 22.8 Å². The van der Waals surface area contributed by atoms with Gasteiger partial charge in [-0.05, 0) is 20.3 Å². The number of morpholine rings is 1. The number of aromatic nitrogens is 4. The molecule has 1 aliphatic rings. The average Bonchev–Trinajstić information content (AvgIpc) is 3.21. The maximum Gasteiger partial charge on any atom is 0.223 e. The lowest BCUT2D eigenvalue weighted by Gasteiger charge is -2.32. The van der Waals surface area contributed by atoms with E-state index in [4.69, 9.17) is 9.26 Å². The summed E-state index contributed by atoms with van der Waals surface area (Å²) in [5.41, 5.74) is 1.88. The molecular weight excluding hydrogens is 322 g/mol. The van der Waals surface area contributed by atoms with E-state index in [-0.39, 0.29) is 17.9 Å². The van der Waals surface area contributed by atoms with Gasteiger partial charge >= 0.3 is 0 Å². The van der Waals surface area contributed by atoms with E-state index in [1.165, 1.54) is 0 Å². The molecule has 3 rings (SSSR count). The fraction of sp³-hybridized carbons (Fsp3) is 0.647. The highest BCUT2D eigenvalue weighted by molar-refractivity contribution is 5.76. The lowest BCUT2D eigenvalue weighted by Crippen LogP contribution is -2.42. The van der Waals surface area contributed by atoms with Gasteiger partial charge in [-0.1, -0.05) is 19.0 Å². The number of hydrogen-bond acceptors (Lipinski definition) is 6. The van der Waals surface area contributed by atoms with E-state index in [2.05, 4.69) is 20.3 Å². The summed E-state index contributed by atoms with van der Waals surface area (Å²) in [6.07, 6.45) is 0.821. The molecule has 1 aliphatic heterocycles. The van der Waals surface area contributed by atoms with Gasteiger partial charge < -0.3 is 14.2 Å². The van der Waals surface area contributed by atoms with E-state index in [9.17, 15) is 4.79 Å². The number of nitrogens with zero attached hydrogens (tertiary/aromatic N) is 4. The molecule has 0 aromatic carbocycles. The smallest absolute Gasteiger partial charge is 0.223 e. The second kappa shape index (κ2) is 7.35. The summed E-state index contributed by atoms with van der Waals surface area (Å²) in [6, 6.07) is 0. The van der Waals surface area contributed by atoms with Gasteiger partial charge in [0.2, 0.25) is 5.91 Å². The highest BCUT2D eigenvalue weighted by Crippen LogP contribution is 2.22. The highest BCUT2D eigenvalue weighted by Gasteiger charge is 2.28. The zero-order chi connectivity index (χ0) is 18.0. The van der Waals surface area contributed by atoms with Crippen LogP contribution >= 0.6 is 0 Å². The van der Waals surface area contributed by atoms with Gasteiger partial charge in [0.25, 0.3) is 0 Å². The molecule has 25 heavy (non-hydrogen) atoms. The van der Waals surface area contributed by atoms with E-state index in [1.807, 2.05) is 32.6 Å². The Morgan fingerprint density at radius 3 is 2.84 bits per heavy atom. The minimum Gasteiger partial charge on any atom is -0.367 e. The van der Waals surface area contributed by atoms with E-state index < -0.39 is 0 Å². The first kappa shape index (κ1) is 17.6. The number of H-pyrrole nitrogens is 1. The molecule has 1 N–H and O–H groups in total. The molecule has 8 heteroatoms. The van der Waals surface area contributed by atoms with Crippen LogP contribution in [0.15, 0.2) is 4.52 Å². The minimum atomic E-state index is -0.253. The lowest BCUT2D eigenvalue weighted by molar-refractivity contribution is -0.139.